The third-order valence-electron chi connectivity index (χ3n) is 6.34. The number of amides is 1. The van der Waals surface area contributed by atoms with E-state index in [2.05, 4.69) is 27.3 Å². The molecule has 1 fully saturated rings. The summed E-state index contributed by atoms with van der Waals surface area (Å²) in [4.78, 5) is 18.1. The zero-order valence-corrected chi connectivity index (χ0v) is 19.9. The maximum Gasteiger partial charge on any atom is 0.259 e. The van der Waals surface area contributed by atoms with Crippen LogP contribution in [-0.2, 0) is 0 Å². The van der Waals surface area contributed by atoms with Gasteiger partial charge in [-0.3, -0.25) is 4.79 Å². The topological polar surface area (TPSA) is 53.4 Å². The molecule has 3 aromatic carbocycles. The number of anilines is 2. The predicted molar refractivity (Wildman–Crippen MR) is 138 cm³/mol. The van der Waals surface area contributed by atoms with Crippen LogP contribution in [0.5, 0.6) is 0 Å². The highest BCUT2D eigenvalue weighted by molar-refractivity contribution is 6.08. The van der Waals surface area contributed by atoms with E-state index < -0.39 is 0 Å². The Hall–Kier alpha value is -3.97. The second-order valence-electron chi connectivity index (χ2n) is 8.97. The molecule has 7 heteroatoms. The van der Waals surface area contributed by atoms with Crippen molar-refractivity contribution in [3.8, 4) is 16.9 Å². The SMILES string of the molecule is Cc1cccc(-c2nn(-c3ccc(F)cc3)cc2C(=O)Nc2ccc(N3CCN(C)CC3)cc2)c1. The van der Waals surface area contributed by atoms with Crippen molar-refractivity contribution in [3.63, 3.8) is 0 Å². The summed E-state index contributed by atoms with van der Waals surface area (Å²) in [5.74, 6) is -0.569. The average molecular weight is 470 g/mol. The lowest BCUT2D eigenvalue weighted by molar-refractivity contribution is 0.102. The van der Waals surface area contributed by atoms with Crippen LogP contribution in [0.1, 0.15) is 15.9 Å². The van der Waals surface area contributed by atoms with Gasteiger partial charge in [-0.25, -0.2) is 9.07 Å². The van der Waals surface area contributed by atoms with Gasteiger partial charge in [-0.2, -0.15) is 5.10 Å². The highest BCUT2D eigenvalue weighted by Gasteiger charge is 2.20. The Morgan fingerprint density at radius 2 is 1.60 bits per heavy atom. The second kappa shape index (κ2) is 9.72. The number of aryl methyl sites for hydroxylation is 1. The smallest absolute Gasteiger partial charge is 0.259 e. The van der Waals surface area contributed by atoms with E-state index in [9.17, 15) is 9.18 Å². The van der Waals surface area contributed by atoms with Crippen molar-refractivity contribution >= 4 is 17.3 Å². The van der Waals surface area contributed by atoms with E-state index in [1.54, 1.807) is 23.0 Å². The Kier molecular flexibility index (Phi) is 6.33. The van der Waals surface area contributed by atoms with Gasteiger partial charge in [0.1, 0.15) is 11.5 Å². The quantitative estimate of drug-likeness (QED) is 0.447. The summed E-state index contributed by atoms with van der Waals surface area (Å²) in [5, 5.41) is 7.70. The molecule has 0 saturated carbocycles. The fourth-order valence-corrected chi connectivity index (χ4v) is 4.29. The van der Waals surface area contributed by atoms with E-state index in [4.69, 9.17) is 0 Å². The van der Waals surface area contributed by atoms with Crippen molar-refractivity contribution < 1.29 is 9.18 Å². The van der Waals surface area contributed by atoms with Gasteiger partial charge in [0.05, 0.1) is 11.3 Å². The summed E-state index contributed by atoms with van der Waals surface area (Å²) >= 11 is 0. The summed E-state index contributed by atoms with van der Waals surface area (Å²) in [5.41, 5.74) is 5.49. The van der Waals surface area contributed by atoms with Crippen LogP contribution in [-0.4, -0.2) is 53.8 Å². The molecular weight excluding hydrogens is 441 g/mol. The van der Waals surface area contributed by atoms with Gasteiger partial charge in [-0.05, 0) is 68.6 Å². The fourth-order valence-electron chi connectivity index (χ4n) is 4.29. The van der Waals surface area contributed by atoms with Crippen molar-refractivity contribution in [2.45, 2.75) is 6.92 Å². The summed E-state index contributed by atoms with van der Waals surface area (Å²) in [6.45, 7) is 6.06. The van der Waals surface area contributed by atoms with E-state index >= 15 is 0 Å². The first kappa shape index (κ1) is 22.8. The summed E-state index contributed by atoms with van der Waals surface area (Å²) in [6, 6.07) is 21.9. The molecule has 0 unspecified atom stereocenters. The molecule has 0 aliphatic carbocycles. The Morgan fingerprint density at radius 1 is 0.914 bits per heavy atom. The number of halogens is 1. The minimum atomic E-state index is -0.321. The molecule has 6 nitrogen and oxygen atoms in total. The molecule has 2 heterocycles. The van der Waals surface area contributed by atoms with Crippen molar-refractivity contribution in [3.05, 3.63) is 95.9 Å². The van der Waals surface area contributed by atoms with E-state index in [0.29, 0.717) is 16.9 Å². The molecule has 5 rings (SSSR count). The standard InChI is InChI=1S/C28H28FN5O/c1-20-4-3-5-21(18-20)27-26(19-34(31-27)25-10-6-22(29)7-11-25)28(35)30-23-8-12-24(13-9-23)33-16-14-32(2)15-17-33/h3-13,18-19H,14-17H2,1-2H3,(H,30,35). The first-order chi connectivity index (χ1) is 17.0. The molecule has 1 N–H and O–H groups in total. The van der Waals surface area contributed by atoms with Gasteiger partial charge in [0.25, 0.3) is 5.91 Å². The maximum absolute atomic E-state index is 13.4. The predicted octanol–water partition coefficient (Wildman–Crippen LogP) is 4.99. The number of nitrogens with zero attached hydrogens (tertiary/aromatic N) is 4. The first-order valence-electron chi connectivity index (χ1n) is 11.7. The molecule has 1 aliphatic heterocycles. The number of rotatable bonds is 5. The van der Waals surface area contributed by atoms with Crippen molar-refractivity contribution in [2.24, 2.45) is 0 Å². The van der Waals surface area contributed by atoms with E-state index in [1.165, 1.54) is 12.1 Å². The number of likely N-dealkylation sites (N-methyl/N-ethyl adjacent to an activating group) is 1. The molecular formula is C28H28FN5O. The molecule has 0 spiro atoms. The third-order valence-corrected chi connectivity index (χ3v) is 6.34. The van der Waals surface area contributed by atoms with Crippen LogP contribution in [0.2, 0.25) is 0 Å². The molecule has 1 aliphatic rings. The molecule has 35 heavy (non-hydrogen) atoms. The van der Waals surface area contributed by atoms with Gasteiger partial charge in [-0.15, -0.1) is 0 Å². The molecule has 178 valence electrons. The first-order valence-corrected chi connectivity index (χ1v) is 11.7. The van der Waals surface area contributed by atoms with E-state index in [1.807, 2.05) is 55.5 Å². The third kappa shape index (κ3) is 5.10. The van der Waals surface area contributed by atoms with Crippen LogP contribution in [0.25, 0.3) is 16.9 Å². The summed E-state index contributed by atoms with van der Waals surface area (Å²) in [7, 11) is 2.14. The normalized spacial score (nSPS) is 14.2. The molecule has 0 radical (unpaired) electrons. The maximum atomic E-state index is 13.4. The van der Waals surface area contributed by atoms with Gasteiger partial charge < -0.3 is 15.1 Å². The number of piperazine rings is 1. The summed E-state index contributed by atoms with van der Waals surface area (Å²) < 4.78 is 15.0. The van der Waals surface area contributed by atoms with Crippen LogP contribution < -0.4 is 10.2 Å². The number of carbonyl (C=O) groups is 1. The van der Waals surface area contributed by atoms with Gasteiger partial charge in [-0.1, -0.05) is 23.8 Å². The van der Waals surface area contributed by atoms with Crippen molar-refractivity contribution in [2.75, 3.05) is 43.4 Å². The highest BCUT2D eigenvalue weighted by atomic mass is 19.1. The number of hydrogen-bond donors (Lipinski definition) is 1. The zero-order chi connectivity index (χ0) is 24.4. The number of carbonyl (C=O) groups excluding carboxylic acids is 1. The summed E-state index contributed by atoms with van der Waals surface area (Å²) in [6.07, 6.45) is 1.69. The molecule has 0 bridgehead atoms. The fraction of sp³-hybridized carbons (Fsp3) is 0.214. The number of benzene rings is 3. The van der Waals surface area contributed by atoms with Crippen molar-refractivity contribution in [1.82, 2.24) is 14.7 Å². The minimum absolute atomic E-state index is 0.248. The van der Waals surface area contributed by atoms with E-state index in [0.717, 1.165) is 48.7 Å². The van der Waals surface area contributed by atoms with Gasteiger partial charge in [0.2, 0.25) is 0 Å². The Morgan fingerprint density at radius 3 is 2.29 bits per heavy atom. The molecule has 1 aromatic heterocycles. The van der Waals surface area contributed by atoms with Gasteiger partial charge >= 0.3 is 0 Å². The van der Waals surface area contributed by atoms with E-state index in [-0.39, 0.29) is 11.7 Å². The molecule has 4 aromatic rings. The number of aromatic nitrogens is 2. The number of nitrogens with one attached hydrogen (secondary N) is 1. The van der Waals surface area contributed by atoms with Crippen LogP contribution in [0, 0.1) is 12.7 Å². The lowest BCUT2D eigenvalue weighted by atomic mass is 10.1. The lowest BCUT2D eigenvalue weighted by Crippen LogP contribution is -2.44. The Balaban J connectivity index is 1.41. The Bertz CT molecular complexity index is 1320. The van der Waals surface area contributed by atoms with Gasteiger partial charge in [0.15, 0.2) is 0 Å². The second-order valence-corrected chi connectivity index (χ2v) is 8.97. The molecule has 0 atom stereocenters. The molecule has 1 saturated heterocycles. The number of hydrogen-bond acceptors (Lipinski definition) is 4. The van der Waals surface area contributed by atoms with Gasteiger partial charge in [0, 0.05) is 49.3 Å². The van der Waals surface area contributed by atoms with Crippen LogP contribution >= 0.6 is 0 Å². The van der Waals surface area contributed by atoms with Crippen LogP contribution in [0.4, 0.5) is 15.8 Å². The average Bonchev–Trinajstić information content (AvgIpc) is 3.31. The molecule has 1 amide bonds. The highest BCUT2D eigenvalue weighted by Crippen LogP contribution is 2.26. The zero-order valence-electron chi connectivity index (χ0n) is 19.9. The minimum Gasteiger partial charge on any atom is -0.369 e. The van der Waals surface area contributed by atoms with Crippen molar-refractivity contribution in [1.29, 1.82) is 0 Å². The monoisotopic (exact) mass is 469 g/mol. The lowest BCUT2D eigenvalue weighted by Gasteiger charge is -2.34. The van der Waals surface area contributed by atoms with Crippen LogP contribution in [0.15, 0.2) is 79.0 Å². The largest absolute Gasteiger partial charge is 0.369 e. The Labute approximate surface area is 204 Å². The van der Waals surface area contributed by atoms with Crippen LogP contribution in [0.3, 0.4) is 0 Å².